The van der Waals surface area contributed by atoms with Crippen LogP contribution in [0.1, 0.15) is 52.9 Å². The fraction of sp³-hybridized carbons (Fsp3) is 0.667. The quantitative estimate of drug-likeness (QED) is 0.811. The Morgan fingerprint density at radius 2 is 2.00 bits per heavy atom. The van der Waals surface area contributed by atoms with E-state index in [0.29, 0.717) is 30.1 Å². The maximum absolute atomic E-state index is 13.1. The number of likely N-dealkylation sites (N-methyl/N-ethyl adjacent to an activating group) is 1. The third kappa shape index (κ3) is 2.91. The summed E-state index contributed by atoms with van der Waals surface area (Å²) in [4.78, 5) is 44.7. The van der Waals surface area contributed by atoms with E-state index in [1.807, 2.05) is 4.90 Å². The van der Waals surface area contributed by atoms with Crippen LogP contribution in [0.15, 0.2) is 0 Å². The number of fused-ring (bicyclic) bond motifs is 3. The summed E-state index contributed by atoms with van der Waals surface area (Å²) >= 11 is 1.44. The highest BCUT2D eigenvalue weighted by Crippen LogP contribution is 2.63. The molecule has 2 fully saturated rings. The lowest BCUT2D eigenvalue weighted by atomic mass is 9.99. The van der Waals surface area contributed by atoms with Gasteiger partial charge in [-0.05, 0) is 36.7 Å². The molecule has 1 spiro atoms. The van der Waals surface area contributed by atoms with Crippen LogP contribution in [0.3, 0.4) is 0 Å². The summed E-state index contributed by atoms with van der Waals surface area (Å²) in [5.41, 5.74) is 1.86. The number of aliphatic hydroxyl groups excluding tert-OH is 1. The van der Waals surface area contributed by atoms with Gasteiger partial charge < -0.3 is 14.9 Å². The molecule has 4 aliphatic rings. The van der Waals surface area contributed by atoms with Crippen LogP contribution < -0.4 is 4.90 Å². The molecule has 156 valence electrons. The van der Waals surface area contributed by atoms with Crippen molar-refractivity contribution in [3.63, 3.8) is 0 Å². The molecule has 8 heteroatoms. The molecule has 3 amide bonds. The second kappa shape index (κ2) is 6.80. The number of carbonyl (C=O) groups is 3. The summed E-state index contributed by atoms with van der Waals surface area (Å²) in [7, 11) is 1.64. The number of hydrogen-bond donors (Lipinski definition) is 1. The maximum Gasteiger partial charge on any atom is 0.257 e. The minimum absolute atomic E-state index is 0.0172. The van der Waals surface area contributed by atoms with E-state index in [2.05, 4.69) is 0 Å². The van der Waals surface area contributed by atoms with Crippen LogP contribution in [0, 0.1) is 11.3 Å². The molecular weight excluding hydrogens is 390 g/mol. The average molecular weight is 418 g/mol. The predicted octanol–water partition coefficient (Wildman–Crippen LogP) is 1.62. The van der Waals surface area contributed by atoms with Crippen molar-refractivity contribution < 1.29 is 19.5 Å². The number of rotatable bonds is 3. The van der Waals surface area contributed by atoms with Gasteiger partial charge in [0.15, 0.2) is 0 Å². The van der Waals surface area contributed by atoms with Gasteiger partial charge in [-0.3, -0.25) is 19.3 Å². The fourth-order valence-electron chi connectivity index (χ4n) is 5.53. The van der Waals surface area contributed by atoms with Crippen molar-refractivity contribution in [3.05, 3.63) is 16.0 Å². The van der Waals surface area contributed by atoms with E-state index in [0.717, 1.165) is 16.9 Å². The first-order valence-corrected chi connectivity index (χ1v) is 11.4. The van der Waals surface area contributed by atoms with Crippen LogP contribution >= 0.6 is 11.3 Å². The Balaban J connectivity index is 1.43. The number of hydrogen-bond acceptors (Lipinski definition) is 5. The molecule has 7 nitrogen and oxygen atoms in total. The van der Waals surface area contributed by atoms with Gasteiger partial charge in [0.2, 0.25) is 11.8 Å². The number of thiophene rings is 1. The van der Waals surface area contributed by atoms with Crippen molar-refractivity contribution in [1.29, 1.82) is 0 Å². The lowest BCUT2D eigenvalue weighted by Gasteiger charge is -2.28. The first kappa shape index (κ1) is 19.1. The SMILES string of the molecule is CN1CC(=O)N(CCO)c2sc3c(c2C1=O)CCN(C(=O)C1CC12CCCC2)C3. The molecule has 2 aliphatic heterocycles. The van der Waals surface area contributed by atoms with E-state index >= 15 is 0 Å². The first-order chi connectivity index (χ1) is 13.9. The summed E-state index contributed by atoms with van der Waals surface area (Å²) < 4.78 is 0. The minimum atomic E-state index is -0.179. The molecule has 29 heavy (non-hydrogen) atoms. The largest absolute Gasteiger partial charge is 0.395 e. The van der Waals surface area contributed by atoms with Gasteiger partial charge in [-0.2, -0.15) is 0 Å². The Morgan fingerprint density at radius 3 is 2.72 bits per heavy atom. The monoisotopic (exact) mass is 417 g/mol. The number of β-amino-alcohol motifs (C(OH)–C–C–N with tert-alkyl or cyclic N) is 1. The van der Waals surface area contributed by atoms with Crippen molar-refractivity contribution >= 4 is 34.1 Å². The van der Waals surface area contributed by atoms with Gasteiger partial charge >= 0.3 is 0 Å². The van der Waals surface area contributed by atoms with Crippen molar-refractivity contribution in [2.24, 2.45) is 11.3 Å². The van der Waals surface area contributed by atoms with E-state index in [9.17, 15) is 19.5 Å². The van der Waals surface area contributed by atoms with Crippen LogP contribution in [0.25, 0.3) is 0 Å². The van der Waals surface area contributed by atoms with E-state index < -0.39 is 0 Å². The van der Waals surface area contributed by atoms with Gasteiger partial charge in [-0.1, -0.05) is 12.8 Å². The van der Waals surface area contributed by atoms with E-state index in [-0.39, 0.29) is 48.8 Å². The van der Waals surface area contributed by atoms with E-state index in [4.69, 9.17) is 0 Å². The number of aliphatic hydroxyl groups is 1. The average Bonchev–Trinajstić information content (AvgIpc) is 3.05. The van der Waals surface area contributed by atoms with Crippen molar-refractivity contribution in [2.45, 2.75) is 45.1 Å². The Labute approximate surface area is 174 Å². The van der Waals surface area contributed by atoms with E-state index in [1.54, 1.807) is 11.9 Å². The normalized spacial score (nSPS) is 25.3. The molecule has 1 unspecified atom stereocenters. The molecule has 0 aromatic carbocycles. The summed E-state index contributed by atoms with van der Waals surface area (Å²) in [5.74, 6) is 0.136. The summed E-state index contributed by atoms with van der Waals surface area (Å²) in [5, 5.41) is 10.1. The third-order valence-corrected chi connectivity index (χ3v) is 8.48. The van der Waals surface area contributed by atoms with Crippen LogP contribution in [-0.2, 0) is 22.6 Å². The maximum atomic E-state index is 13.1. The lowest BCUT2D eigenvalue weighted by molar-refractivity contribution is -0.134. The Morgan fingerprint density at radius 1 is 1.24 bits per heavy atom. The lowest BCUT2D eigenvalue weighted by Crippen LogP contribution is -2.39. The van der Waals surface area contributed by atoms with Gasteiger partial charge in [0, 0.05) is 30.9 Å². The van der Waals surface area contributed by atoms with Crippen LogP contribution in [-0.4, -0.2) is 65.9 Å². The minimum Gasteiger partial charge on any atom is -0.395 e. The smallest absolute Gasteiger partial charge is 0.257 e. The standard InChI is InChI=1S/C21H27N3O4S/c1-22-12-16(26)24(8-9-25)20-17(19(22)28)13-4-7-23(11-15(13)29-20)18(27)14-10-21(14)5-2-3-6-21/h14,25H,2-12H2,1H3. The molecule has 5 rings (SSSR count). The van der Waals surface area contributed by atoms with Gasteiger partial charge in [0.1, 0.15) is 11.5 Å². The Bertz CT molecular complexity index is 889. The van der Waals surface area contributed by atoms with Crippen molar-refractivity contribution in [3.8, 4) is 0 Å². The van der Waals surface area contributed by atoms with Gasteiger partial charge in [-0.25, -0.2) is 0 Å². The van der Waals surface area contributed by atoms with Crippen LogP contribution in [0.2, 0.25) is 0 Å². The Hall–Kier alpha value is -1.93. The molecular formula is C21H27N3O4S. The topological polar surface area (TPSA) is 81.2 Å². The molecule has 3 heterocycles. The zero-order chi connectivity index (χ0) is 20.3. The van der Waals surface area contributed by atoms with Crippen molar-refractivity contribution in [2.75, 3.05) is 38.2 Å². The number of amides is 3. The molecule has 1 N–H and O–H groups in total. The Kier molecular flexibility index (Phi) is 4.47. The second-order valence-corrected chi connectivity index (χ2v) is 10.0. The summed E-state index contributed by atoms with van der Waals surface area (Å²) in [6.45, 7) is 1.20. The number of anilines is 1. The van der Waals surface area contributed by atoms with Crippen LogP contribution in [0.4, 0.5) is 5.00 Å². The highest BCUT2D eigenvalue weighted by Gasteiger charge is 2.59. The van der Waals surface area contributed by atoms with Gasteiger partial charge in [-0.15, -0.1) is 11.3 Å². The molecule has 1 aromatic rings. The molecule has 0 saturated heterocycles. The highest BCUT2D eigenvalue weighted by atomic mass is 32.1. The van der Waals surface area contributed by atoms with Gasteiger partial charge in [0.25, 0.3) is 5.91 Å². The highest BCUT2D eigenvalue weighted by molar-refractivity contribution is 7.17. The summed E-state index contributed by atoms with van der Waals surface area (Å²) in [6, 6.07) is 0. The number of carbonyl (C=O) groups excluding carboxylic acids is 3. The first-order valence-electron chi connectivity index (χ1n) is 10.6. The predicted molar refractivity (Wildman–Crippen MR) is 109 cm³/mol. The second-order valence-electron chi connectivity index (χ2n) is 8.95. The zero-order valence-electron chi connectivity index (χ0n) is 16.8. The van der Waals surface area contributed by atoms with Crippen molar-refractivity contribution in [1.82, 2.24) is 9.80 Å². The van der Waals surface area contributed by atoms with E-state index in [1.165, 1.54) is 41.9 Å². The fourth-order valence-corrected chi connectivity index (χ4v) is 6.92. The number of nitrogens with zero attached hydrogens (tertiary/aromatic N) is 3. The molecule has 2 aliphatic carbocycles. The van der Waals surface area contributed by atoms with Crippen LogP contribution in [0.5, 0.6) is 0 Å². The summed E-state index contributed by atoms with van der Waals surface area (Å²) in [6.07, 6.45) is 6.56. The molecule has 0 radical (unpaired) electrons. The molecule has 2 saturated carbocycles. The third-order valence-electron chi connectivity index (χ3n) is 7.24. The molecule has 0 bridgehead atoms. The molecule has 1 atom stereocenters. The zero-order valence-corrected chi connectivity index (χ0v) is 17.6. The van der Waals surface area contributed by atoms with Gasteiger partial charge in [0.05, 0.1) is 18.7 Å². The molecule has 1 aromatic heterocycles.